The van der Waals surface area contributed by atoms with Crippen LogP contribution in [0.5, 0.6) is 0 Å². The van der Waals surface area contributed by atoms with Gasteiger partial charge in [0.25, 0.3) is 0 Å². The van der Waals surface area contributed by atoms with Crippen LogP contribution in [0.4, 0.5) is 5.13 Å². The molecule has 0 saturated heterocycles. The summed E-state index contributed by atoms with van der Waals surface area (Å²) >= 11 is 7.52. The van der Waals surface area contributed by atoms with Gasteiger partial charge in [-0.05, 0) is 25.0 Å². The lowest BCUT2D eigenvalue weighted by Crippen LogP contribution is -2.41. The molecule has 0 aliphatic heterocycles. The number of halogens is 1. The molecular weight excluding hydrogens is 436 g/mol. The summed E-state index contributed by atoms with van der Waals surface area (Å²) in [6, 6.07) is 16.6. The molecule has 1 heterocycles. The molecule has 6 nitrogen and oxygen atoms in total. The molecule has 2 atom stereocenters. The normalized spacial score (nSPS) is 12.9. The second-order valence-electron chi connectivity index (χ2n) is 7.28. The van der Waals surface area contributed by atoms with Crippen molar-refractivity contribution in [2.24, 2.45) is 5.92 Å². The van der Waals surface area contributed by atoms with Crippen molar-refractivity contribution in [2.45, 2.75) is 25.9 Å². The maximum Gasteiger partial charge on any atom is 0.304 e. The van der Waals surface area contributed by atoms with Crippen LogP contribution in [0.15, 0.2) is 60.0 Å². The lowest BCUT2D eigenvalue weighted by Gasteiger charge is -2.26. The van der Waals surface area contributed by atoms with Gasteiger partial charge in [-0.25, -0.2) is 4.98 Å². The van der Waals surface area contributed by atoms with E-state index in [0.717, 1.165) is 11.1 Å². The van der Waals surface area contributed by atoms with Crippen molar-refractivity contribution in [3.63, 3.8) is 0 Å². The van der Waals surface area contributed by atoms with Gasteiger partial charge in [-0.1, -0.05) is 60.1 Å². The quantitative estimate of drug-likeness (QED) is 0.492. The molecule has 0 aliphatic carbocycles. The van der Waals surface area contributed by atoms with Gasteiger partial charge in [0, 0.05) is 16.0 Å². The lowest BCUT2D eigenvalue weighted by atomic mass is 9.94. The molecule has 2 aromatic carbocycles. The highest BCUT2D eigenvalue weighted by Crippen LogP contribution is 2.33. The number of aliphatic hydroxyl groups excluding tert-OH is 1. The summed E-state index contributed by atoms with van der Waals surface area (Å²) in [6.45, 7) is 1.59. The van der Waals surface area contributed by atoms with Gasteiger partial charge in [0.1, 0.15) is 0 Å². The first-order valence-corrected chi connectivity index (χ1v) is 11.1. The third kappa shape index (κ3) is 6.13. The number of thiazole rings is 1. The van der Waals surface area contributed by atoms with Gasteiger partial charge in [-0.3, -0.25) is 14.5 Å². The number of nitrogens with zero attached hydrogens (tertiary/aromatic N) is 2. The number of hydrogen-bond donors (Lipinski definition) is 2. The summed E-state index contributed by atoms with van der Waals surface area (Å²) in [5, 5.41) is 22.1. The van der Waals surface area contributed by atoms with Crippen molar-refractivity contribution < 1.29 is 19.8 Å². The number of aliphatic carboxylic acids is 1. The zero-order chi connectivity index (χ0) is 22.4. The number of hydrogen-bond acceptors (Lipinski definition) is 5. The number of benzene rings is 2. The average Bonchev–Trinajstić information content (AvgIpc) is 3.21. The van der Waals surface area contributed by atoms with Crippen LogP contribution in [0.2, 0.25) is 5.02 Å². The Kier molecular flexibility index (Phi) is 7.79. The lowest BCUT2D eigenvalue weighted by molar-refractivity contribution is -0.140. The first kappa shape index (κ1) is 22.9. The third-order valence-electron chi connectivity index (χ3n) is 4.68. The van der Waals surface area contributed by atoms with Crippen LogP contribution in [0.3, 0.4) is 0 Å². The largest absolute Gasteiger partial charge is 0.481 e. The van der Waals surface area contributed by atoms with Crippen molar-refractivity contribution in [3.05, 3.63) is 70.6 Å². The summed E-state index contributed by atoms with van der Waals surface area (Å²) in [7, 11) is 0. The smallest absolute Gasteiger partial charge is 0.304 e. The number of carboxylic acid groups (broad SMARTS) is 1. The van der Waals surface area contributed by atoms with Crippen molar-refractivity contribution in [2.75, 3.05) is 11.4 Å². The van der Waals surface area contributed by atoms with Gasteiger partial charge in [0.15, 0.2) is 5.13 Å². The number of carboxylic acids is 1. The fourth-order valence-electron chi connectivity index (χ4n) is 3.28. The monoisotopic (exact) mass is 458 g/mol. The predicted octanol–water partition coefficient (Wildman–Crippen LogP) is 4.51. The van der Waals surface area contributed by atoms with Gasteiger partial charge < -0.3 is 10.2 Å². The van der Waals surface area contributed by atoms with Crippen LogP contribution in [0, 0.1) is 5.92 Å². The van der Waals surface area contributed by atoms with Crippen molar-refractivity contribution in [1.29, 1.82) is 0 Å². The topological polar surface area (TPSA) is 90.7 Å². The van der Waals surface area contributed by atoms with Gasteiger partial charge in [-0.15, -0.1) is 11.3 Å². The van der Waals surface area contributed by atoms with Crippen LogP contribution in [-0.2, 0) is 16.0 Å². The van der Waals surface area contributed by atoms with E-state index < -0.39 is 18.0 Å². The number of aromatic nitrogens is 1. The van der Waals surface area contributed by atoms with E-state index in [-0.39, 0.29) is 25.3 Å². The molecule has 1 amide bonds. The number of amides is 1. The predicted molar refractivity (Wildman–Crippen MR) is 122 cm³/mol. The molecule has 0 aliphatic rings. The van der Waals surface area contributed by atoms with Crippen molar-refractivity contribution in [1.82, 2.24) is 4.98 Å². The molecule has 0 bridgehead atoms. The molecule has 31 heavy (non-hydrogen) atoms. The molecule has 3 aromatic rings. The zero-order valence-corrected chi connectivity index (χ0v) is 18.5. The molecule has 0 radical (unpaired) electrons. The number of anilines is 1. The fraction of sp³-hybridized carbons (Fsp3) is 0.261. The average molecular weight is 459 g/mol. The molecule has 162 valence electrons. The highest BCUT2D eigenvalue weighted by atomic mass is 35.5. The second kappa shape index (κ2) is 10.5. The van der Waals surface area contributed by atoms with E-state index in [0.29, 0.717) is 15.8 Å². The number of carbonyl (C=O) groups excluding carboxylic acids is 1. The molecule has 0 fully saturated rings. The van der Waals surface area contributed by atoms with E-state index in [4.69, 9.17) is 11.6 Å². The first-order valence-electron chi connectivity index (χ1n) is 9.80. The minimum absolute atomic E-state index is 0.0131. The van der Waals surface area contributed by atoms with E-state index >= 15 is 0 Å². The summed E-state index contributed by atoms with van der Waals surface area (Å²) in [6.07, 6.45) is -0.837. The van der Waals surface area contributed by atoms with Gasteiger partial charge >= 0.3 is 5.97 Å². The summed E-state index contributed by atoms with van der Waals surface area (Å²) in [4.78, 5) is 30.8. The second-order valence-corrected chi connectivity index (χ2v) is 8.52. The Morgan fingerprint density at radius 1 is 1.13 bits per heavy atom. The Labute approximate surface area is 189 Å². The molecule has 2 N–H and O–H groups in total. The maximum atomic E-state index is 13.4. The Hall–Kier alpha value is -2.74. The van der Waals surface area contributed by atoms with E-state index in [1.165, 1.54) is 16.2 Å². The van der Waals surface area contributed by atoms with Crippen LogP contribution in [0.25, 0.3) is 11.3 Å². The fourth-order valence-corrected chi connectivity index (χ4v) is 4.36. The minimum Gasteiger partial charge on any atom is -0.481 e. The molecule has 1 aromatic heterocycles. The summed E-state index contributed by atoms with van der Waals surface area (Å²) < 4.78 is 0. The summed E-state index contributed by atoms with van der Waals surface area (Å²) in [5.41, 5.74) is 2.23. The highest BCUT2D eigenvalue weighted by Gasteiger charge is 2.30. The molecule has 0 unspecified atom stereocenters. The highest BCUT2D eigenvalue weighted by molar-refractivity contribution is 7.14. The van der Waals surface area contributed by atoms with Crippen molar-refractivity contribution >= 4 is 39.9 Å². The Balaban J connectivity index is 1.92. The van der Waals surface area contributed by atoms with Crippen LogP contribution >= 0.6 is 22.9 Å². The van der Waals surface area contributed by atoms with Gasteiger partial charge in [0.05, 0.1) is 30.7 Å². The van der Waals surface area contributed by atoms with Crippen molar-refractivity contribution in [3.8, 4) is 11.3 Å². The van der Waals surface area contributed by atoms with E-state index in [9.17, 15) is 19.8 Å². The third-order valence-corrected chi connectivity index (χ3v) is 5.87. The number of carbonyl (C=O) groups is 2. The molecule has 0 saturated carbocycles. The van der Waals surface area contributed by atoms with Gasteiger partial charge in [0.2, 0.25) is 5.91 Å². The van der Waals surface area contributed by atoms with E-state index in [2.05, 4.69) is 4.98 Å². The summed E-state index contributed by atoms with van der Waals surface area (Å²) in [5.74, 6) is -2.22. The van der Waals surface area contributed by atoms with Crippen LogP contribution in [0.1, 0.15) is 18.9 Å². The molecular formula is C23H23ClN2O4S. The number of aliphatic hydroxyl groups is 1. The maximum absolute atomic E-state index is 13.4. The van der Waals surface area contributed by atoms with Crippen LogP contribution in [-0.4, -0.2) is 39.7 Å². The van der Waals surface area contributed by atoms with E-state index in [1.54, 1.807) is 18.4 Å². The standard InChI is InChI=1S/C23H23ClN2O4S/c1-15(27)13-26(23-25-20(14-31-23)18-9-5-6-10-19(18)24)22(30)17(12-21(28)29)11-16-7-3-2-4-8-16/h2-10,14-15,17,27H,11-13H2,1H3,(H,28,29)/t15-,17+/m0/s1. The van der Waals surface area contributed by atoms with E-state index in [1.807, 2.05) is 48.5 Å². The Morgan fingerprint density at radius 2 is 1.81 bits per heavy atom. The molecule has 8 heteroatoms. The Morgan fingerprint density at radius 3 is 2.45 bits per heavy atom. The number of rotatable bonds is 9. The SMILES string of the molecule is C[C@H](O)CN(C(=O)[C@@H](CC(=O)O)Cc1ccccc1)c1nc(-c2ccccc2Cl)cs1. The molecule has 3 rings (SSSR count). The zero-order valence-electron chi connectivity index (χ0n) is 16.9. The molecule has 0 spiro atoms. The first-order chi connectivity index (χ1) is 14.8. The Bertz CT molecular complexity index is 1040. The minimum atomic E-state index is -1.05. The van der Waals surface area contributed by atoms with Crippen LogP contribution < -0.4 is 4.90 Å². The van der Waals surface area contributed by atoms with Gasteiger partial charge in [-0.2, -0.15) is 0 Å².